The minimum atomic E-state index is -1.03. The van der Waals surface area contributed by atoms with Crippen molar-refractivity contribution in [1.29, 1.82) is 0 Å². The van der Waals surface area contributed by atoms with Crippen LogP contribution in [0.5, 0.6) is 0 Å². The van der Waals surface area contributed by atoms with Gasteiger partial charge in [-0.15, -0.1) is 0 Å². The van der Waals surface area contributed by atoms with Gasteiger partial charge in [0, 0.05) is 9.65 Å². The van der Waals surface area contributed by atoms with Crippen LogP contribution in [0.4, 0.5) is 4.39 Å². The molecule has 0 aliphatic carbocycles. The largest absolute Gasteiger partial charge is 0.478 e. The van der Waals surface area contributed by atoms with E-state index in [4.69, 9.17) is 5.11 Å². The minimum absolute atomic E-state index is 0.352. The quantitative estimate of drug-likeness (QED) is 0.492. The number of aliphatic carboxylic acids is 1. The van der Waals surface area contributed by atoms with Crippen molar-refractivity contribution in [3.8, 4) is 0 Å². The Balaban J connectivity index is 3.12. The van der Waals surface area contributed by atoms with Crippen LogP contribution in [0.25, 0.3) is 6.08 Å². The van der Waals surface area contributed by atoms with Gasteiger partial charge >= 0.3 is 5.97 Å². The Bertz CT molecular complexity index is 404. The van der Waals surface area contributed by atoms with Crippen molar-refractivity contribution in [3.63, 3.8) is 0 Å². The highest BCUT2D eigenvalue weighted by Crippen LogP contribution is 2.26. The van der Waals surface area contributed by atoms with E-state index in [9.17, 15) is 9.18 Å². The van der Waals surface area contributed by atoms with Crippen LogP contribution in [0.3, 0.4) is 0 Å². The lowest BCUT2D eigenvalue weighted by Gasteiger charge is -2.01. The summed E-state index contributed by atoms with van der Waals surface area (Å²) in [5.41, 5.74) is 0.668. The van der Waals surface area contributed by atoms with Crippen LogP contribution < -0.4 is 0 Å². The van der Waals surface area contributed by atoms with Crippen molar-refractivity contribution >= 4 is 50.6 Å². The molecule has 0 amide bonds. The lowest BCUT2D eigenvalue weighted by Crippen LogP contribution is -1.89. The normalized spacial score (nSPS) is 10.8. The highest BCUT2D eigenvalue weighted by Gasteiger charge is 2.06. The second-order valence-corrected chi connectivity index (χ2v) is 4.31. The van der Waals surface area contributed by atoms with Crippen LogP contribution in [0.15, 0.2) is 22.7 Å². The van der Waals surface area contributed by atoms with E-state index in [1.807, 2.05) is 22.6 Å². The summed E-state index contributed by atoms with van der Waals surface area (Å²) in [6, 6.07) is 2.81. The van der Waals surface area contributed by atoms with Crippen molar-refractivity contribution in [3.05, 3.63) is 37.6 Å². The van der Waals surface area contributed by atoms with Gasteiger partial charge in [0.05, 0.1) is 4.47 Å². The molecule has 0 saturated heterocycles. The summed E-state index contributed by atoms with van der Waals surface area (Å²) in [6.07, 6.45) is 2.44. The third-order valence-electron chi connectivity index (χ3n) is 1.47. The Hall–Kier alpha value is -0.430. The first kappa shape index (κ1) is 11.6. The second-order valence-electron chi connectivity index (χ2n) is 2.44. The molecule has 0 fully saturated rings. The number of rotatable bonds is 2. The summed E-state index contributed by atoms with van der Waals surface area (Å²) in [5, 5.41) is 8.41. The maximum Gasteiger partial charge on any atom is 0.328 e. The van der Waals surface area contributed by atoms with Crippen molar-refractivity contribution in [2.24, 2.45) is 0 Å². The monoisotopic (exact) mass is 370 g/mol. The van der Waals surface area contributed by atoms with E-state index >= 15 is 0 Å². The fraction of sp³-hybridized carbons (Fsp3) is 0. The number of hydrogen-bond acceptors (Lipinski definition) is 1. The van der Waals surface area contributed by atoms with Crippen LogP contribution in [0.1, 0.15) is 5.56 Å². The molecule has 5 heteroatoms. The summed E-state index contributed by atoms with van der Waals surface area (Å²) >= 11 is 5.02. The van der Waals surface area contributed by atoms with Gasteiger partial charge in [-0.3, -0.25) is 0 Å². The van der Waals surface area contributed by atoms with Crippen LogP contribution >= 0.6 is 38.5 Å². The van der Waals surface area contributed by atoms with E-state index in [0.717, 1.165) is 6.08 Å². The standard InChI is InChI=1S/C9H5BrFIO2/c10-8-6(11)3-1-5(9(8)12)2-4-7(13)14/h1-4H,(H,13,14)/b4-2+. The highest BCUT2D eigenvalue weighted by atomic mass is 127. The minimum Gasteiger partial charge on any atom is -0.478 e. The molecule has 1 N–H and O–H groups in total. The average molecular weight is 371 g/mol. The Morgan fingerprint density at radius 1 is 1.57 bits per heavy atom. The molecule has 0 spiro atoms. The number of halogens is 3. The molecule has 0 bridgehead atoms. The molecular weight excluding hydrogens is 366 g/mol. The Morgan fingerprint density at radius 3 is 2.79 bits per heavy atom. The van der Waals surface area contributed by atoms with Gasteiger partial charge < -0.3 is 5.11 Å². The fourth-order valence-electron chi connectivity index (χ4n) is 0.831. The lowest BCUT2D eigenvalue weighted by atomic mass is 10.2. The highest BCUT2D eigenvalue weighted by molar-refractivity contribution is 14.1. The van der Waals surface area contributed by atoms with E-state index in [1.165, 1.54) is 18.2 Å². The number of carboxylic acid groups (broad SMARTS) is 1. The first-order valence-corrected chi connectivity index (χ1v) is 5.44. The van der Waals surface area contributed by atoms with E-state index < -0.39 is 5.97 Å². The molecule has 74 valence electrons. The summed E-state index contributed by atoms with van der Waals surface area (Å²) in [7, 11) is 0. The lowest BCUT2D eigenvalue weighted by molar-refractivity contribution is -0.131. The van der Waals surface area contributed by atoms with Crippen molar-refractivity contribution in [1.82, 2.24) is 0 Å². The first-order chi connectivity index (χ1) is 6.52. The average Bonchev–Trinajstić information content (AvgIpc) is 2.13. The molecule has 0 aliphatic heterocycles. The maximum atomic E-state index is 13.0. The zero-order chi connectivity index (χ0) is 10.7. The van der Waals surface area contributed by atoms with E-state index in [0.29, 0.717) is 13.6 Å². The summed E-state index contributed by atoms with van der Waals surface area (Å²) in [5.74, 6) is -1.39. The van der Waals surface area contributed by atoms with Gasteiger partial charge in [0.15, 0.2) is 0 Å². The van der Waals surface area contributed by atoms with Crippen LogP contribution in [-0.2, 0) is 4.79 Å². The van der Waals surface area contributed by atoms with E-state index in [1.54, 1.807) is 0 Å². The molecular formula is C9H5BrFIO2. The SMILES string of the molecule is O=C(O)/C=C/c1ccc(F)c(Br)c1I. The van der Waals surface area contributed by atoms with Crippen molar-refractivity contribution < 1.29 is 14.3 Å². The molecule has 0 aromatic heterocycles. The van der Waals surface area contributed by atoms with Gasteiger partial charge in [-0.25, -0.2) is 9.18 Å². The molecule has 1 rings (SSSR count). The number of hydrogen-bond donors (Lipinski definition) is 1. The van der Waals surface area contributed by atoms with Crippen LogP contribution in [-0.4, -0.2) is 11.1 Å². The summed E-state index contributed by atoms with van der Waals surface area (Å²) < 4.78 is 14.0. The van der Waals surface area contributed by atoms with Crippen molar-refractivity contribution in [2.75, 3.05) is 0 Å². The molecule has 0 heterocycles. The molecule has 1 aromatic carbocycles. The molecule has 0 radical (unpaired) electrons. The smallest absolute Gasteiger partial charge is 0.328 e. The molecule has 0 atom stereocenters. The third-order valence-corrected chi connectivity index (χ3v) is 4.15. The van der Waals surface area contributed by atoms with Gasteiger partial charge in [0.2, 0.25) is 0 Å². The Kier molecular flexibility index (Phi) is 4.06. The van der Waals surface area contributed by atoms with Gasteiger partial charge in [0.1, 0.15) is 5.82 Å². The van der Waals surface area contributed by atoms with Gasteiger partial charge in [-0.05, 0) is 56.2 Å². The zero-order valence-electron chi connectivity index (χ0n) is 6.80. The second kappa shape index (κ2) is 4.88. The predicted molar refractivity (Wildman–Crippen MR) is 63.5 cm³/mol. The molecule has 0 unspecified atom stereocenters. The van der Waals surface area contributed by atoms with Crippen molar-refractivity contribution in [2.45, 2.75) is 0 Å². The molecule has 2 nitrogen and oxygen atoms in total. The molecule has 0 saturated carbocycles. The van der Waals surface area contributed by atoms with Gasteiger partial charge in [0.25, 0.3) is 0 Å². The Morgan fingerprint density at radius 2 is 2.21 bits per heavy atom. The number of carbonyl (C=O) groups is 1. The van der Waals surface area contributed by atoms with Crippen LogP contribution in [0.2, 0.25) is 0 Å². The predicted octanol–water partition coefficient (Wildman–Crippen LogP) is 3.29. The number of benzene rings is 1. The first-order valence-electron chi connectivity index (χ1n) is 3.57. The van der Waals surface area contributed by atoms with Gasteiger partial charge in [-0.2, -0.15) is 0 Å². The van der Waals surface area contributed by atoms with Crippen LogP contribution in [0, 0.1) is 9.39 Å². The molecule has 0 aliphatic rings. The summed E-state index contributed by atoms with van der Waals surface area (Å²) in [6.45, 7) is 0. The van der Waals surface area contributed by atoms with E-state index in [-0.39, 0.29) is 5.82 Å². The number of carboxylic acids is 1. The third kappa shape index (κ3) is 2.78. The summed E-state index contributed by atoms with van der Waals surface area (Å²) in [4.78, 5) is 10.3. The topological polar surface area (TPSA) is 37.3 Å². The van der Waals surface area contributed by atoms with E-state index in [2.05, 4.69) is 15.9 Å². The Labute approximate surface area is 102 Å². The fourth-order valence-corrected chi connectivity index (χ4v) is 1.81. The maximum absolute atomic E-state index is 13.0. The molecule has 14 heavy (non-hydrogen) atoms. The zero-order valence-corrected chi connectivity index (χ0v) is 10.5. The van der Waals surface area contributed by atoms with Gasteiger partial charge in [-0.1, -0.05) is 6.07 Å². The molecule has 1 aromatic rings.